The summed E-state index contributed by atoms with van der Waals surface area (Å²) in [6, 6.07) is 10.8. The van der Waals surface area contributed by atoms with Gasteiger partial charge in [-0.05, 0) is 24.3 Å². The van der Waals surface area contributed by atoms with Gasteiger partial charge in [-0.15, -0.1) is 0 Å². The number of hydrogen-bond acceptors (Lipinski definition) is 5. The molecule has 0 fully saturated rings. The Morgan fingerprint density at radius 2 is 1.91 bits per heavy atom. The predicted molar refractivity (Wildman–Crippen MR) is 84.2 cm³/mol. The molecule has 0 aliphatic carbocycles. The number of hydrogen-bond donors (Lipinski definition) is 2. The molecule has 0 radical (unpaired) electrons. The van der Waals surface area contributed by atoms with Crippen molar-refractivity contribution in [3.05, 3.63) is 54.0 Å². The second kappa shape index (κ2) is 4.84. The molecule has 0 aliphatic rings. The fourth-order valence-corrected chi connectivity index (χ4v) is 2.65. The maximum Gasteiger partial charge on any atom is 0.341 e. The SMILES string of the molecule is Nc1c(C(=O)O)c2nc3ccccc3nc2n1Cc1ccco1. The van der Waals surface area contributed by atoms with Gasteiger partial charge in [0.2, 0.25) is 0 Å². The lowest BCUT2D eigenvalue weighted by atomic mass is 10.2. The van der Waals surface area contributed by atoms with Gasteiger partial charge in [0.25, 0.3) is 0 Å². The van der Waals surface area contributed by atoms with Gasteiger partial charge in [0, 0.05) is 0 Å². The topological polar surface area (TPSA) is 107 Å². The third-order valence-corrected chi connectivity index (χ3v) is 3.70. The second-order valence-electron chi connectivity index (χ2n) is 5.12. The molecule has 0 saturated heterocycles. The number of rotatable bonds is 3. The number of carboxylic acids is 1. The number of carbonyl (C=O) groups is 1. The van der Waals surface area contributed by atoms with Crippen molar-refractivity contribution in [3.8, 4) is 0 Å². The van der Waals surface area contributed by atoms with E-state index in [1.165, 1.54) is 0 Å². The van der Waals surface area contributed by atoms with Crippen LogP contribution in [0.25, 0.3) is 22.2 Å². The van der Waals surface area contributed by atoms with Crippen LogP contribution in [-0.2, 0) is 6.54 Å². The van der Waals surface area contributed by atoms with Crippen molar-refractivity contribution in [1.82, 2.24) is 14.5 Å². The van der Waals surface area contributed by atoms with Crippen LogP contribution in [0.4, 0.5) is 5.82 Å². The van der Waals surface area contributed by atoms with E-state index in [1.807, 2.05) is 18.2 Å². The molecule has 23 heavy (non-hydrogen) atoms. The summed E-state index contributed by atoms with van der Waals surface area (Å²) in [5.74, 6) is -0.366. The molecule has 3 heterocycles. The van der Waals surface area contributed by atoms with Crippen LogP contribution >= 0.6 is 0 Å². The number of nitrogen functional groups attached to an aromatic ring is 1. The van der Waals surface area contributed by atoms with Gasteiger partial charge in [-0.3, -0.25) is 0 Å². The molecule has 0 unspecified atom stereocenters. The third kappa shape index (κ3) is 2.02. The van der Waals surface area contributed by atoms with E-state index < -0.39 is 5.97 Å². The predicted octanol–water partition coefficient (Wildman–Crippen LogP) is 2.51. The Morgan fingerprint density at radius 1 is 1.17 bits per heavy atom. The van der Waals surface area contributed by atoms with E-state index in [2.05, 4.69) is 9.97 Å². The first-order valence-corrected chi connectivity index (χ1v) is 6.95. The summed E-state index contributed by atoms with van der Waals surface area (Å²) >= 11 is 0. The highest BCUT2D eigenvalue weighted by molar-refractivity contribution is 6.07. The molecule has 7 nitrogen and oxygen atoms in total. The van der Waals surface area contributed by atoms with E-state index in [0.29, 0.717) is 22.4 Å². The van der Waals surface area contributed by atoms with Crippen LogP contribution in [0, 0.1) is 0 Å². The number of benzene rings is 1. The van der Waals surface area contributed by atoms with Crippen LogP contribution in [0.3, 0.4) is 0 Å². The molecule has 114 valence electrons. The maximum absolute atomic E-state index is 11.6. The number of aromatic carboxylic acids is 1. The van der Waals surface area contributed by atoms with Crippen LogP contribution < -0.4 is 5.73 Å². The fourth-order valence-electron chi connectivity index (χ4n) is 2.65. The van der Waals surface area contributed by atoms with Gasteiger partial charge in [-0.1, -0.05) is 12.1 Å². The molecule has 0 bridgehead atoms. The third-order valence-electron chi connectivity index (χ3n) is 3.70. The van der Waals surface area contributed by atoms with Crippen molar-refractivity contribution in [2.45, 2.75) is 6.54 Å². The summed E-state index contributed by atoms with van der Waals surface area (Å²) < 4.78 is 6.93. The minimum absolute atomic E-state index is 0.0372. The van der Waals surface area contributed by atoms with E-state index in [-0.39, 0.29) is 23.4 Å². The number of nitrogens with two attached hydrogens (primary N) is 1. The molecule has 3 aromatic heterocycles. The number of aromatic nitrogens is 3. The Labute approximate surface area is 130 Å². The summed E-state index contributed by atoms with van der Waals surface area (Å²) in [6.07, 6.45) is 1.55. The van der Waals surface area contributed by atoms with Gasteiger partial charge in [-0.2, -0.15) is 0 Å². The average Bonchev–Trinajstić information content (AvgIpc) is 3.13. The van der Waals surface area contributed by atoms with Crippen molar-refractivity contribution in [3.63, 3.8) is 0 Å². The van der Waals surface area contributed by atoms with Gasteiger partial charge in [0.15, 0.2) is 5.65 Å². The molecule has 0 aliphatic heterocycles. The molecule has 0 atom stereocenters. The molecule has 3 N–H and O–H groups in total. The summed E-state index contributed by atoms with van der Waals surface area (Å²) in [5, 5.41) is 9.49. The van der Waals surface area contributed by atoms with Gasteiger partial charge < -0.3 is 19.8 Å². The first-order valence-electron chi connectivity index (χ1n) is 6.95. The van der Waals surface area contributed by atoms with Crippen molar-refractivity contribution >= 4 is 34.0 Å². The lowest BCUT2D eigenvalue weighted by molar-refractivity contribution is 0.0700. The van der Waals surface area contributed by atoms with E-state index in [4.69, 9.17) is 10.2 Å². The van der Waals surface area contributed by atoms with Gasteiger partial charge in [0.1, 0.15) is 22.7 Å². The Kier molecular flexibility index (Phi) is 2.80. The lowest BCUT2D eigenvalue weighted by Gasteiger charge is -2.05. The summed E-state index contributed by atoms with van der Waals surface area (Å²) in [4.78, 5) is 20.6. The smallest absolute Gasteiger partial charge is 0.341 e. The normalized spacial score (nSPS) is 11.3. The zero-order chi connectivity index (χ0) is 16.0. The molecule has 0 amide bonds. The summed E-state index contributed by atoms with van der Waals surface area (Å²) in [6.45, 7) is 0.287. The van der Waals surface area contributed by atoms with E-state index in [0.717, 1.165) is 0 Å². The number of nitrogens with zero attached hydrogens (tertiary/aromatic N) is 3. The van der Waals surface area contributed by atoms with Crippen molar-refractivity contribution < 1.29 is 14.3 Å². The van der Waals surface area contributed by atoms with Crippen LogP contribution in [-0.4, -0.2) is 25.6 Å². The molecular formula is C16H12N4O3. The lowest BCUT2D eigenvalue weighted by Crippen LogP contribution is -2.07. The minimum Gasteiger partial charge on any atom is -0.477 e. The Morgan fingerprint density at radius 3 is 2.57 bits per heavy atom. The monoisotopic (exact) mass is 308 g/mol. The van der Waals surface area contributed by atoms with Gasteiger partial charge >= 0.3 is 5.97 Å². The molecule has 4 rings (SSSR count). The Bertz CT molecular complexity index is 1030. The average molecular weight is 308 g/mol. The Hall–Kier alpha value is -3.35. The highest BCUT2D eigenvalue weighted by Gasteiger charge is 2.23. The van der Waals surface area contributed by atoms with Crippen molar-refractivity contribution in [2.75, 3.05) is 5.73 Å². The molecule has 7 heteroatoms. The molecular weight excluding hydrogens is 296 g/mol. The minimum atomic E-state index is -1.13. The zero-order valence-electron chi connectivity index (χ0n) is 11.9. The number of fused-ring (bicyclic) bond motifs is 2. The number of carboxylic acid groups (broad SMARTS) is 1. The summed E-state index contributed by atoms with van der Waals surface area (Å²) in [5.41, 5.74) is 8.02. The van der Waals surface area contributed by atoms with Gasteiger partial charge in [-0.25, -0.2) is 14.8 Å². The Balaban J connectivity index is 2.05. The molecule has 1 aromatic carbocycles. The van der Waals surface area contributed by atoms with Crippen LogP contribution in [0.5, 0.6) is 0 Å². The molecule has 0 saturated carbocycles. The van der Waals surface area contributed by atoms with E-state index in [9.17, 15) is 9.90 Å². The van der Waals surface area contributed by atoms with Crippen LogP contribution in [0.15, 0.2) is 47.1 Å². The van der Waals surface area contributed by atoms with Crippen molar-refractivity contribution in [2.24, 2.45) is 0 Å². The largest absolute Gasteiger partial charge is 0.477 e. The molecule has 4 aromatic rings. The zero-order valence-corrected chi connectivity index (χ0v) is 11.9. The highest BCUT2D eigenvalue weighted by Crippen LogP contribution is 2.28. The fraction of sp³-hybridized carbons (Fsp3) is 0.0625. The van der Waals surface area contributed by atoms with E-state index >= 15 is 0 Å². The van der Waals surface area contributed by atoms with Crippen molar-refractivity contribution in [1.29, 1.82) is 0 Å². The number of anilines is 1. The maximum atomic E-state index is 11.6. The quantitative estimate of drug-likeness (QED) is 0.602. The number of furan rings is 1. The summed E-state index contributed by atoms with van der Waals surface area (Å²) in [7, 11) is 0. The number of para-hydroxylation sites is 2. The molecule has 0 spiro atoms. The van der Waals surface area contributed by atoms with Gasteiger partial charge in [0.05, 0.1) is 23.8 Å². The van der Waals surface area contributed by atoms with E-state index in [1.54, 1.807) is 29.0 Å². The standard InChI is InChI=1S/C16H12N4O3/c17-14-12(16(21)22)13-15(20(14)8-9-4-3-7-23-9)19-11-6-2-1-5-10(11)18-13/h1-7H,8,17H2,(H,21,22). The highest BCUT2D eigenvalue weighted by atomic mass is 16.4. The van der Waals surface area contributed by atoms with Crippen LogP contribution in [0.1, 0.15) is 16.1 Å². The first-order chi connectivity index (χ1) is 11.1. The first kappa shape index (κ1) is 13.3. The second-order valence-corrected chi connectivity index (χ2v) is 5.12. The van der Waals surface area contributed by atoms with Crippen LogP contribution in [0.2, 0.25) is 0 Å².